The summed E-state index contributed by atoms with van der Waals surface area (Å²) < 4.78 is 0. The molecule has 22 heavy (non-hydrogen) atoms. The summed E-state index contributed by atoms with van der Waals surface area (Å²) in [6, 6.07) is 9.31. The SMILES string of the molecule is O=C(O)C1CCCN1C(Cc1ccccn1)c1cccnc1. The van der Waals surface area contributed by atoms with Crippen LogP contribution in [0.4, 0.5) is 0 Å². The fourth-order valence-corrected chi connectivity index (χ4v) is 3.14. The topological polar surface area (TPSA) is 66.3 Å². The monoisotopic (exact) mass is 297 g/mol. The summed E-state index contributed by atoms with van der Waals surface area (Å²) in [6.45, 7) is 0.795. The zero-order valence-electron chi connectivity index (χ0n) is 12.3. The van der Waals surface area contributed by atoms with E-state index in [1.807, 2.05) is 36.5 Å². The molecule has 1 fully saturated rings. The largest absolute Gasteiger partial charge is 0.480 e. The molecule has 3 rings (SSSR count). The second kappa shape index (κ2) is 6.66. The third-order valence-corrected chi connectivity index (χ3v) is 4.18. The minimum atomic E-state index is -0.743. The van der Waals surface area contributed by atoms with Gasteiger partial charge in [0.1, 0.15) is 6.04 Å². The maximum Gasteiger partial charge on any atom is 0.320 e. The van der Waals surface area contributed by atoms with Crippen LogP contribution in [0.5, 0.6) is 0 Å². The molecule has 0 spiro atoms. The van der Waals surface area contributed by atoms with E-state index in [-0.39, 0.29) is 6.04 Å². The van der Waals surface area contributed by atoms with Crippen LogP contribution in [0.15, 0.2) is 48.9 Å². The third kappa shape index (κ3) is 3.14. The molecular formula is C17H19N3O2. The summed E-state index contributed by atoms with van der Waals surface area (Å²) in [5, 5.41) is 9.47. The molecule has 2 atom stereocenters. The van der Waals surface area contributed by atoms with Crippen molar-refractivity contribution in [2.24, 2.45) is 0 Å². The van der Waals surface area contributed by atoms with Gasteiger partial charge in [-0.25, -0.2) is 0 Å². The van der Waals surface area contributed by atoms with Gasteiger partial charge in [-0.3, -0.25) is 19.7 Å². The molecular weight excluding hydrogens is 278 g/mol. The highest BCUT2D eigenvalue weighted by atomic mass is 16.4. The molecule has 1 aliphatic heterocycles. The molecule has 0 radical (unpaired) electrons. The van der Waals surface area contributed by atoms with Gasteiger partial charge in [0.2, 0.25) is 0 Å². The van der Waals surface area contributed by atoms with E-state index >= 15 is 0 Å². The van der Waals surface area contributed by atoms with Gasteiger partial charge in [0.25, 0.3) is 0 Å². The quantitative estimate of drug-likeness (QED) is 0.917. The molecule has 2 aromatic heterocycles. The van der Waals surface area contributed by atoms with Crippen LogP contribution in [-0.2, 0) is 11.2 Å². The van der Waals surface area contributed by atoms with Gasteiger partial charge in [0.15, 0.2) is 0 Å². The van der Waals surface area contributed by atoms with E-state index in [1.165, 1.54) is 0 Å². The van der Waals surface area contributed by atoms with Gasteiger partial charge in [0, 0.05) is 36.7 Å². The number of nitrogens with zero attached hydrogens (tertiary/aromatic N) is 3. The van der Waals surface area contributed by atoms with E-state index in [4.69, 9.17) is 0 Å². The van der Waals surface area contributed by atoms with Crippen LogP contribution in [0.25, 0.3) is 0 Å². The van der Waals surface area contributed by atoms with Crippen molar-refractivity contribution >= 4 is 5.97 Å². The summed E-state index contributed by atoms with van der Waals surface area (Å²) in [4.78, 5) is 22.2. The van der Waals surface area contributed by atoms with Crippen LogP contribution in [0.3, 0.4) is 0 Å². The molecule has 1 aliphatic rings. The van der Waals surface area contributed by atoms with Crippen LogP contribution in [0.1, 0.15) is 30.1 Å². The van der Waals surface area contributed by atoms with E-state index < -0.39 is 12.0 Å². The first-order valence-electron chi connectivity index (χ1n) is 7.54. The Labute approximate surface area is 129 Å². The van der Waals surface area contributed by atoms with Gasteiger partial charge in [-0.2, -0.15) is 0 Å². The Morgan fingerprint density at radius 2 is 2.23 bits per heavy atom. The molecule has 0 aliphatic carbocycles. The number of carboxylic acid groups (broad SMARTS) is 1. The van der Waals surface area contributed by atoms with E-state index in [0.717, 1.165) is 24.2 Å². The Hall–Kier alpha value is -2.27. The zero-order chi connectivity index (χ0) is 15.4. The normalized spacial score (nSPS) is 19.9. The molecule has 1 N–H and O–H groups in total. The predicted octanol–water partition coefficient (Wildman–Crippen LogP) is 2.31. The smallest absolute Gasteiger partial charge is 0.320 e. The van der Waals surface area contributed by atoms with Gasteiger partial charge < -0.3 is 5.11 Å². The van der Waals surface area contributed by atoms with Crippen molar-refractivity contribution in [3.63, 3.8) is 0 Å². The van der Waals surface area contributed by atoms with Crippen molar-refractivity contribution in [2.45, 2.75) is 31.3 Å². The number of carboxylic acids is 1. The van der Waals surface area contributed by atoms with E-state index in [1.54, 1.807) is 12.4 Å². The van der Waals surface area contributed by atoms with Crippen LogP contribution < -0.4 is 0 Å². The number of hydrogen-bond donors (Lipinski definition) is 1. The number of likely N-dealkylation sites (tertiary alicyclic amines) is 1. The second-order valence-corrected chi connectivity index (χ2v) is 5.56. The number of hydrogen-bond acceptors (Lipinski definition) is 4. The van der Waals surface area contributed by atoms with Crippen molar-refractivity contribution < 1.29 is 9.90 Å². The first kappa shape index (κ1) is 14.7. The molecule has 1 saturated heterocycles. The number of rotatable bonds is 5. The van der Waals surface area contributed by atoms with Gasteiger partial charge in [-0.05, 0) is 43.1 Å². The van der Waals surface area contributed by atoms with Crippen molar-refractivity contribution in [1.29, 1.82) is 0 Å². The number of pyridine rings is 2. The molecule has 2 unspecified atom stereocenters. The summed E-state index contributed by atoms with van der Waals surface area (Å²) in [5.41, 5.74) is 2.01. The molecule has 2 aromatic rings. The summed E-state index contributed by atoms with van der Waals surface area (Å²) in [6.07, 6.45) is 7.64. The van der Waals surface area contributed by atoms with Gasteiger partial charge >= 0.3 is 5.97 Å². The predicted molar refractivity (Wildman–Crippen MR) is 82.3 cm³/mol. The van der Waals surface area contributed by atoms with Crippen molar-refractivity contribution in [3.8, 4) is 0 Å². The first-order valence-corrected chi connectivity index (χ1v) is 7.54. The zero-order valence-corrected chi connectivity index (χ0v) is 12.3. The Morgan fingerprint density at radius 3 is 2.91 bits per heavy atom. The molecule has 0 saturated carbocycles. The van der Waals surface area contributed by atoms with Crippen molar-refractivity contribution in [3.05, 3.63) is 60.2 Å². The lowest BCUT2D eigenvalue weighted by Gasteiger charge is -2.31. The maximum atomic E-state index is 11.5. The van der Waals surface area contributed by atoms with Crippen molar-refractivity contribution in [1.82, 2.24) is 14.9 Å². The minimum Gasteiger partial charge on any atom is -0.480 e. The first-order chi connectivity index (χ1) is 10.8. The molecule has 5 heteroatoms. The number of carbonyl (C=O) groups is 1. The lowest BCUT2D eigenvalue weighted by atomic mass is 10.0. The highest BCUT2D eigenvalue weighted by molar-refractivity contribution is 5.73. The standard InChI is InChI=1S/C17H19N3O2/c21-17(22)15-7-4-10-20(15)16(13-5-3-8-18-12-13)11-14-6-1-2-9-19-14/h1-3,5-6,8-9,12,15-16H,4,7,10-11H2,(H,21,22). The van der Waals surface area contributed by atoms with Crippen LogP contribution in [-0.4, -0.2) is 38.5 Å². The van der Waals surface area contributed by atoms with Gasteiger partial charge in [-0.15, -0.1) is 0 Å². The van der Waals surface area contributed by atoms with Crippen LogP contribution in [0.2, 0.25) is 0 Å². The Kier molecular flexibility index (Phi) is 4.44. The van der Waals surface area contributed by atoms with Crippen molar-refractivity contribution in [2.75, 3.05) is 6.54 Å². The lowest BCUT2D eigenvalue weighted by molar-refractivity contribution is -0.143. The summed E-state index contributed by atoms with van der Waals surface area (Å²) in [7, 11) is 0. The number of aromatic nitrogens is 2. The van der Waals surface area contributed by atoms with E-state index in [9.17, 15) is 9.90 Å². The fourth-order valence-electron chi connectivity index (χ4n) is 3.14. The van der Waals surface area contributed by atoms with Gasteiger partial charge in [-0.1, -0.05) is 12.1 Å². The Bertz CT molecular complexity index is 618. The van der Waals surface area contributed by atoms with E-state index in [0.29, 0.717) is 12.8 Å². The van der Waals surface area contributed by atoms with Gasteiger partial charge in [0.05, 0.1) is 0 Å². The van der Waals surface area contributed by atoms with E-state index in [2.05, 4.69) is 14.9 Å². The molecule has 0 aromatic carbocycles. The molecule has 114 valence electrons. The van der Waals surface area contributed by atoms with Crippen LogP contribution in [0, 0.1) is 0 Å². The molecule has 0 bridgehead atoms. The highest BCUT2D eigenvalue weighted by Gasteiger charge is 2.36. The summed E-state index contributed by atoms with van der Waals surface area (Å²) >= 11 is 0. The third-order valence-electron chi connectivity index (χ3n) is 4.18. The van der Waals surface area contributed by atoms with Crippen LogP contribution >= 0.6 is 0 Å². The lowest BCUT2D eigenvalue weighted by Crippen LogP contribution is -2.39. The second-order valence-electron chi connectivity index (χ2n) is 5.56. The summed E-state index contributed by atoms with van der Waals surface area (Å²) in [5.74, 6) is -0.743. The highest BCUT2D eigenvalue weighted by Crippen LogP contribution is 2.31. The average Bonchev–Trinajstić information content (AvgIpc) is 3.04. The molecule has 0 amide bonds. The Morgan fingerprint density at radius 1 is 1.32 bits per heavy atom. The minimum absolute atomic E-state index is 0.00722. The maximum absolute atomic E-state index is 11.5. The molecule has 3 heterocycles. The average molecular weight is 297 g/mol. The molecule has 5 nitrogen and oxygen atoms in total. The Balaban J connectivity index is 1.91. The number of aliphatic carboxylic acids is 1. The fraction of sp³-hybridized carbons (Fsp3) is 0.353.